The highest BCUT2D eigenvalue weighted by molar-refractivity contribution is 8.14. The first kappa shape index (κ1) is 21.8. The molecule has 0 saturated heterocycles. The minimum Gasteiger partial charge on any atom is -0.480 e. The van der Waals surface area contributed by atoms with Gasteiger partial charge in [-0.15, -0.1) is 0 Å². The summed E-state index contributed by atoms with van der Waals surface area (Å²) in [6.07, 6.45) is 0. The number of amides is 3. The summed E-state index contributed by atoms with van der Waals surface area (Å²) in [6.45, 7) is -1.04. The number of aliphatic hydroxyl groups excluding tert-OH is 2. The summed E-state index contributed by atoms with van der Waals surface area (Å²) in [5.41, 5.74) is 0. The summed E-state index contributed by atoms with van der Waals surface area (Å²) in [5.74, 6) is -4.14. The van der Waals surface area contributed by atoms with Gasteiger partial charge in [-0.2, -0.15) is 0 Å². The molecule has 0 aliphatic rings. The molecule has 0 heterocycles. The molecule has 0 unspecified atom stereocenters. The molecule has 2 atom stereocenters. The van der Waals surface area contributed by atoms with Crippen LogP contribution < -0.4 is 16.0 Å². The number of hydrogen-bond acceptors (Lipinski definition) is 8. The van der Waals surface area contributed by atoms with Gasteiger partial charge in [0.25, 0.3) is 0 Å². The van der Waals surface area contributed by atoms with Crippen LogP contribution in [0.3, 0.4) is 0 Å². The molecule has 136 valence electrons. The van der Waals surface area contributed by atoms with E-state index in [2.05, 4.69) is 10.6 Å². The Morgan fingerprint density at radius 2 is 1.50 bits per heavy atom. The highest BCUT2D eigenvalue weighted by atomic mass is 32.2. The minimum absolute atomic E-state index is 0.248. The fourth-order valence-corrected chi connectivity index (χ4v) is 1.77. The number of thioether (sulfide) groups is 1. The number of rotatable bonds is 10. The van der Waals surface area contributed by atoms with Crippen LogP contribution in [0, 0.1) is 0 Å². The van der Waals surface area contributed by atoms with Gasteiger partial charge in [0, 0.05) is 6.92 Å². The molecule has 0 rings (SSSR count). The zero-order valence-corrected chi connectivity index (χ0v) is 13.6. The van der Waals surface area contributed by atoms with Crippen molar-refractivity contribution in [1.29, 1.82) is 0 Å². The lowest BCUT2D eigenvalue weighted by atomic mass is 10.2. The number of carboxylic acids is 1. The van der Waals surface area contributed by atoms with E-state index in [9.17, 15) is 24.0 Å². The molecule has 0 aromatic heterocycles. The van der Waals surface area contributed by atoms with Gasteiger partial charge in [-0.3, -0.25) is 24.0 Å². The molecule has 0 aliphatic heterocycles. The second-order valence-corrected chi connectivity index (χ2v) is 5.59. The molecular weight excluding hydrogens is 346 g/mol. The average molecular weight is 365 g/mol. The van der Waals surface area contributed by atoms with Crippen molar-refractivity contribution in [3.63, 3.8) is 0 Å². The Balaban J connectivity index is 4.59. The second kappa shape index (κ2) is 11.4. The van der Waals surface area contributed by atoms with Gasteiger partial charge in [-0.05, 0) is 0 Å². The summed E-state index contributed by atoms with van der Waals surface area (Å²) in [4.78, 5) is 56.1. The van der Waals surface area contributed by atoms with Crippen LogP contribution in [0.5, 0.6) is 0 Å². The maximum atomic E-state index is 11.9. The average Bonchev–Trinajstić information content (AvgIpc) is 2.52. The van der Waals surface area contributed by atoms with Crippen LogP contribution in [-0.4, -0.2) is 81.7 Å². The van der Waals surface area contributed by atoms with Crippen molar-refractivity contribution >= 4 is 40.6 Å². The van der Waals surface area contributed by atoms with Gasteiger partial charge in [0.2, 0.25) is 17.7 Å². The summed E-state index contributed by atoms with van der Waals surface area (Å²) >= 11 is 0.712. The van der Waals surface area contributed by atoms with Crippen molar-refractivity contribution in [3.05, 3.63) is 0 Å². The van der Waals surface area contributed by atoms with Crippen molar-refractivity contribution < 1.29 is 39.3 Å². The summed E-state index contributed by atoms with van der Waals surface area (Å²) < 4.78 is 0. The first-order chi connectivity index (χ1) is 11.2. The summed E-state index contributed by atoms with van der Waals surface area (Å²) in [7, 11) is 0. The summed E-state index contributed by atoms with van der Waals surface area (Å²) in [6, 6.07) is -2.85. The topological polar surface area (TPSA) is 182 Å². The Hall–Kier alpha value is -2.18. The maximum absolute atomic E-state index is 11.9. The zero-order chi connectivity index (χ0) is 18.7. The van der Waals surface area contributed by atoms with Gasteiger partial charge in [0.15, 0.2) is 5.12 Å². The molecule has 0 aromatic rings. The highest BCUT2D eigenvalue weighted by Gasteiger charge is 2.26. The van der Waals surface area contributed by atoms with Gasteiger partial charge in [0.1, 0.15) is 18.6 Å². The highest BCUT2D eigenvalue weighted by Crippen LogP contribution is 2.00. The standard InChI is InChI=1S/C12H19N3O8S/c1-6(18)24-5-9(19)14-8(4-17)12(23)15-7(3-16)11(22)13-2-10(20)21/h7-8,16-17H,2-5H2,1H3,(H,13,22)(H,14,19)(H,15,23)(H,20,21)/t7-,8+/m1/s1. The Morgan fingerprint density at radius 3 is 1.96 bits per heavy atom. The number of carboxylic acid groups (broad SMARTS) is 1. The largest absolute Gasteiger partial charge is 0.480 e. The van der Waals surface area contributed by atoms with Crippen molar-refractivity contribution in [2.45, 2.75) is 19.0 Å². The number of aliphatic hydroxyl groups is 2. The Labute approximate surface area is 141 Å². The Morgan fingerprint density at radius 1 is 0.958 bits per heavy atom. The Kier molecular flexibility index (Phi) is 10.3. The molecule has 0 spiro atoms. The van der Waals surface area contributed by atoms with Crippen LogP contribution in [0.2, 0.25) is 0 Å². The van der Waals surface area contributed by atoms with Gasteiger partial charge >= 0.3 is 5.97 Å². The monoisotopic (exact) mass is 365 g/mol. The van der Waals surface area contributed by atoms with E-state index in [4.69, 9.17) is 15.3 Å². The van der Waals surface area contributed by atoms with Crippen LogP contribution in [0.15, 0.2) is 0 Å². The third kappa shape index (κ3) is 9.07. The van der Waals surface area contributed by atoms with Gasteiger partial charge in [0.05, 0.1) is 19.0 Å². The van der Waals surface area contributed by atoms with E-state index in [1.165, 1.54) is 6.92 Å². The molecular formula is C12H19N3O8S. The van der Waals surface area contributed by atoms with E-state index in [1.807, 2.05) is 5.32 Å². The number of nitrogens with one attached hydrogen (secondary N) is 3. The van der Waals surface area contributed by atoms with E-state index in [1.54, 1.807) is 0 Å². The predicted molar refractivity (Wildman–Crippen MR) is 81.8 cm³/mol. The molecule has 0 saturated carbocycles. The summed E-state index contributed by atoms with van der Waals surface area (Å²) in [5, 5.41) is 32.5. The number of carbonyl (C=O) groups excluding carboxylic acids is 4. The molecule has 12 heteroatoms. The molecule has 24 heavy (non-hydrogen) atoms. The third-order valence-electron chi connectivity index (χ3n) is 2.47. The smallest absolute Gasteiger partial charge is 0.322 e. The van der Waals surface area contributed by atoms with E-state index >= 15 is 0 Å². The lowest BCUT2D eigenvalue weighted by molar-refractivity contribution is -0.139. The van der Waals surface area contributed by atoms with E-state index in [0.717, 1.165) is 0 Å². The van der Waals surface area contributed by atoms with Gasteiger partial charge in [-0.25, -0.2) is 0 Å². The van der Waals surface area contributed by atoms with E-state index in [-0.39, 0.29) is 10.9 Å². The predicted octanol–water partition coefficient (Wildman–Crippen LogP) is -3.58. The van der Waals surface area contributed by atoms with Crippen molar-refractivity contribution in [2.75, 3.05) is 25.5 Å². The number of hydrogen-bond donors (Lipinski definition) is 6. The molecule has 0 aliphatic carbocycles. The van der Waals surface area contributed by atoms with Crippen LogP contribution in [0.4, 0.5) is 0 Å². The third-order valence-corrected chi connectivity index (χ3v) is 3.28. The fraction of sp³-hybridized carbons (Fsp3) is 0.583. The fourth-order valence-electron chi connectivity index (χ4n) is 1.35. The molecule has 11 nitrogen and oxygen atoms in total. The van der Waals surface area contributed by atoms with Crippen LogP contribution in [0.1, 0.15) is 6.92 Å². The molecule has 6 N–H and O–H groups in total. The zero-order valence-electron chi connectivity index (χ0n) is 12.8. The van der Waals surface area contributed by atoms with E-state index in [0.29, 0.717) is 11.8 Å². The van der Waals surface area contributed by atoms with E-state index < -0.39 is 55.5 Å². The molecule has 0 aromatic carbocycles. The molecule has 0 fully saturated rings. The first-order valence-corrected chi connectivity index (χ1v) is 7.64. The maximum Gasteiger partial charge on any atom is 0.322 e. The van der Waals surface area contributed by atoms with Crippen molar-refractivity contribution in [1.82, 2.24) is 16.0 Å². The molecule has 0 bridgehead atoms. The Bertz CT molecular complexity index is 499. The van der Waals surface area contributed by atoms with Gasteiger partial charge < -0.3 is 31.3 Å². The van der Waals surface area contributed by atoms with Crippen molar-refractivity contribution in [2.24, 2.45) is 0 Å². The lowest BCUT2D eigenvalue weighted by Crippen LogP contribution is -2.56. The second-order valence-electron chi connectivity index (χ2n) is 4.44. The number of carbonyl (C=O) groups is 5. The SMILES string of the molecule is CC(=O)SCC(=O)N[C@@H](CO)C(=O)N[C@H](CO)C(=O)NCC(=O)O. The normalized spacial score (nSPS) is 12.6. The van der Waals surface area contributed by atoms with Crippen LogP contribution >= 0.6 is 11.8 Å². The van der Waals surface area contributed by atoms with Crippen molar-refractivity contribution in [3.8, 4) is 0 Å². The lowest BCUT2D eigenvalue weighted by Gasteiger charge is -2.20. The number of aliphatic carboxylic acids is 1. The van der Waals surface area contributed by atoms with Crippen LogP contribution in [0.25, 0.3) is 0 Å². The molecule has 0 radical (unpaired) electrons. The quantitative estimate of drug-likeness (QED) is 0.228. The van der Waals surface area contributed by atoms with Crippen LogP contribution in [-0.2, 0) is 24.0 Å². The first-order valence-electron chi connectivity index (χ1n) is 6.65. The van der Waals surface area contributed by atoms with Gasteiger partial charge in [-0.1, -0.05) is 11.8 Å². The molecule has 3 amide bonds. The minimum atomic E-state index is -1.45.